The lowest BCUT2D eigenvalue weighted by atomic mass is 10.1. The molecule has 0 fully saturated rings. The molecule has 0 spiro atoms. The second kappa shape index (κ2) is 8.36. The summed E-state index contributed by atoms with van der Waals surface area (Å²) in [7, 11) is 1.56. The second-order valence-electron chi connectivity index (χ2n) is 7.61. The average molecular weight is 430 g/mol. The predicted octanol–water partition coefficient (Wildman–Crippen LogP) is 4.65. The van der Waals surface area contributed by atoms with E-state index in [1.165, 1.54) is 0 Å². The first-order valence-corrected chi connectivity index (χ1v) is 10.3. The van der Waals surface area contributed by atoms with Crippen molar-refractivity contribution in [1.82, 2.24) is 9.88 Å². The second-order valence-corrected chi connectivity index (χ2v) is 7.61. The molecule has 0 atom stereocenters. The Hall–Kier alpha value is -3.84. The molecule has 0 unspecified atom stereocenters. The first-order valence-electron chi connectivity index (χ1n) is 10.3. The van der Waals surface area contributed by atoms with Gasteiger partial charge in [0.05, 0.1) is 18.1 Å². The van der Waals surface area contributed by atoms with E-state index < -0.39 is 0 Å². The zero-order valence-electron chi connectivity index (χ0n) is 17.8. The minimum Gasteiger partial charge on any atom is -0.493 e. The van der Waals surface area contributed by atoms with Crippen LogP contribution in [0.2, 0.25) is 0 Å². The van der Waals surface area contributed by atoms with Crippen molar-refractivity contribution in [3.8, 4) is 23.0 Å². The molecule has 0 saturated heterocycles. The Balaban J connectivity index is 1.52. The highest BCUT2D eigenvalue weighted by Crippen LogP contribution is 2.36. The van der Waals surface area contributed by atoms with Gasteiger partial charge >= 0.3 is 0 Å². The predicted molar refractivity (Wildman–Crippen MR) is 119 cm³/mol. The number of fused-ring (bicyclic) bond motifs is 3. The third-order valence-corrected chi connectivity index (χ3v) is 5.44. The summed E-state index contributed by atoms with van der Waals surface area (Å²) in [5.74, 6) is 2.25. The van der Waals surface area contributed by atoms with Crippen LogP contribution in [0.25, 0.3) is 11.0 Å². The van der Waals surface area contributed by atoms with Crippen LogP contribution >= 0.6 is 0 Å². The molecule has 0 bridgehead atoms. The van der Waals surface area contributed by atoms with Crippen LogP contribution in [0.4, 0.5) is 0 Å². The van der Waals surface area contributed by atoms with E-state index in [1.54, 1.807) is 38.4 Å². The molecule has 2 aromatic carbocycles. The summed E-state index contributed by atoms with van der Waals surface area (Å²) in [4.78, 5) is 19.6. The lowest BCUT2D eigenvalue weighted by molar-refractivity contribution is 0.0889. The maximum absolute atomic E-state index is 13.3. The number of nitrogens with zero attached hydrogens (tertiary/aromatic N) is 2. The van der Waals surface area contributed by atoms with E-state index in [0.717, 1.165) is 16.9 Å². The van der Waals surface area contributed by atoms with Crippen LogP contribution in [0.3, 0.4) is 0 Å². The molecule has 0 saturated carbocycles. The normalized spacial score (nSPS) is 13.4. The van der Waals surface area contributed by atoms with E-state index in [4.69, 9.17) is 18.6 Å². The van der Waals surface area contributed by atoms with Gasteiger partial charge in [-0.1, -0.05) is 18.2 Å². The lowest BCUT2D eigenvalue weighted by Gasteiger charge is -2.29. The number of hydrogen-bond acceptors (Lipinski definition) is 7. The van der Waals surface area contributed by atoms with Crippen molar-refractivity contribution in [3.63, 3.8) is 0 Å². The zero-order chi connectivity index (χ0) is 22.1. The van der Waals surface area contributed by atoms with Crippen molar-refractivity contribution in [2.75, 3.05) is 13.8 Å². The summed E-state index contributed by atoms with van der Waals surface area (Å²) in [6.07, 6.45) is 3.59. The molecule has 2 aromatic heterocycles. The van der Waals surface area contributed by atoms with Crippen molar-refractivity contribution in [3.05, 3.63) is 88.0 Å². The van der Waals surface area contributed by atoms with Gasteiger partial charge < -0.3 is 18.6 Å². The fraction of sp³-hybridized carbons (Fsp3) is 0.200. The molecule has 162 valence electrons. The molecular formula is C25H22N2O5. The Kier molecular flexibility index (Phi) is 5.25. The molecule has 1 aliphatic rings. The van der Waals surface area contributed by atoms with Gasteiger partial charge in [-0.3, -0.25) is 14.7 Å². The minimum atomic E-state index is -0.234. The van der Waals surface area contributed by atoms with Gasteiger partial charge in [0.25, 0.3) is 0 Å². The van der Waals surface area contributed by atoms with Crippen LogP contribution in [0.5, 0.6) is 23.0 Å². The molecule has 0 radical (unpaired) electrons. The Bertz CT molecular complexity index is 1330. The Labute approximate surface area is 184 Å². The van der Waals surface area contributed by atoms with E-state index in [2.05, 4.69) is 9.88 Å². The maximum atomic E-state index is 13.3. The lowest BCUT2D eigenvalue weighted by Crippen LogP contribution is -2.31. The van der Waals surface area contributed by atoms with Crippen LogP contribution in [0.15, 0.2) is 70.1 Å². The van der Waals surface area contributed by atoms with Crippen LogP contribution in [-0.2, 0) is 13.1 Å². The molecule has 0 amide bonds. The van der Waals surface area contributed by atoms with Crippen molar-refractivity contribution in [1.29, 1.82) is 0 Å². The van der Waals surface area contributed by atoms with Crippen LogP contribution in [-0.4, -0.2) is 23.7 Å². The van der Waals surface area contributed by atoms with Gasteiger partial charge in [0.2, 0.25) is 11.2 Å². The average Bonchev–Trinajstić information content (AvgIpc) is 2.82. The number of aryl methyl sites for hydroxylation is 1. The highest BCUT2D eigenvalue weighted by molar-refractivity contribution is 5.83. The standard InChI is InChI=1S/C25H22N2O5/c1-16-24(32-22-8-4-3-7-21(22)29-2)23(28)18-9-10-20-19(25(18)31-16)14-27(15-30-20)13-17-6-5-11-26-12-17/h3-12H,13-15H2,1-2H3. The molecule has 0 N–H and O–H groups in total. The van der Waals surface area contributed by atoms with Gasteiger partial charge in [0.1, 0.15) is 23.8 Å². The molecule has 5 rings (SSSR count). The van der Waals surface area contributed by atoms with Crippen LogP contribution in [0, 0.1) is 6.92 Å². The Morgan fingerprint density at radius 3 is 2.72 bits per heavy atom. The Morgan fingerprint density at radius 2 is 1.94 bits per heavy atom. The number of para-hydroxylation sites is 2. The van der Waals surface area contributed by atoms with Gasteiger partial charge in [-0.25, -0.2) is 0 Å². The number of ether oxygens (including phenoxy) is 3. The summed E-state index contributed by atoms with van der Waals surface area (Å²) >= 11 is 0. The van der Waals surface area contributed by atoms with Gasteiger partial charge in [0, 0.05) is 25.5 Å². The number of hydrogen-bond donors (Lipinski definition) is 0. The third-order valence-electron chi connectivity index (χ3n) is 5.44. The molecule has 7 heteroatoms. The molecule has 4 aromatic rings. The van der Waals surface area contributed by atoms with E-state index in [1.807, 2.05) is 36.5 Å². The summed E-state index contributed by atoms with van der Waals surface area (Å²) in [6, 6.07) is 14.7. The van der Waals surface area contributed by atoms with Crippen molar-refractivity contribution in [2.45, 2.75) is 20.0 Å². The first kappa shape index (κ1) is 20.1. The van der Waals surface area contributed by atoms with Gasteiger partial charge in [0.15, 0.2) is 11.5 Å². The van der Waals surface area contributed by atoms with Crippen LogP contribution < -0.4 is 19.6 Å². The van der Waals surface area contributed by atoms with Crippen molar-refractivity contribution in [2.24, 2.45) is 0 Å². The fourth-order valence-corrected chi connectivity index (χ4v) is 3.88. The molecule has 7 nitrogen and oxygen atoms in total. The fourth-order valence-electron chi connectivity index (χ4n) is 3.88. The highest BCUT2D eigenvalue weighted by atomic mass is 16.5. The van der Waals surface area contributed by atoms with E-state index in [9.17, 15) is 4.79 Å². The van der Waals surface area contributed by atoms with Gasteiger partial charge in [-0.2, -0.15) is 0 Å². The summed E-state index contributed by atoms with van der Waals surface area (Å²) < 4.78 is 23.3. The first-order chi connectivity index (χ1) is 15.6. The number of aromatic nitrogens is 1. The smallest absolute Gasteiger partial charge is 0.235 e. The van der Waals surface area contributed by atoms with E-state index in [0.29, 0.717) is 48.0 Å². The number of benzene rings is 2. The molecule has 0 aliphatic carbocycles. The quantitative estimate of drug-likeness (QED) is 0.456. The molecule has 1 aliphatic heterocycles. The number of methoxy groups -OCH3 is 1. The topological polar surface area (TPSA) is 74.0 Å². The highest BCUT2D eigenvalue weighted by Gasteiger charge is 2.24. The van der Waals surface area contributed by atoms with Gasteiger partial charge in [-0.05, 0) is 42.8 Å². The summed E-state index contributed by atoms with van der Waals surface area (Å²) in [5.41, 5.74) is 2.22. The van der Waals surface area contributed by atoms with E-state index >= 15 is 0 Å². The SMILES string of the molecule is COc1ccccc1Oc1c(C)oc2c3c(ccc2c1=O)OCN(Cc1cccnc1)C3. The third kappa shape index (κ3) is 3.67. The zero-order valence-corrected chi connectivity index (χ0v) is 17.8. The maximum Gasteiger partial charge on any atom is 0.235 e. The largest absolute Gasteiger partial charge is 0.493 e. The van der Waals surface area contributed by atoms with Crippen LogP contribution in [0.1, 0.15) is 16.9 Å². The molecule has 32 heavy (non-hydrogen) atoms. The monoisotopic (exact) mass is 430 g/mol. The van der Waals surface area contributed by atoms with Crippen molar-refractivity contribution < 1.29 is 18.6 Å². The summed E-state index contributed by atoms with van der Waals surface area (Å²) in [5, 5.41) is 0.450. The number of rotatable bonds is 5. The Morgan fingerprint density at radius 1 is 1.09 bits per heavy atom. The van der Waals surface area contributed by atoms with E-state index in [-0.39, 0.29) is 11.2 Å². The van der Waals surface area contributed by atoms with Gasteiger partial charge in [-0.15, -0.1) is 0 Å². The summed E-state index contributed by atoms with van der Waals surface area (Å²) in [6.45, 7) is 3.45. The molecule has 3 heterocycles. The van der Waals surface area contributed by atoms with Crippen molar-refractivity contribution >= 4 is 11.0 Å². The molecular weight excluding hydrogens is 408 g/mol. The minimum absolute atomic E-state index is 0.144. The number of pyridine rings is 1.